The number of amides is 1. The number of aromatic nitrogens is 1. The lowest BCUT2D eigenvalue weighted by Gasteiger charge is -2.08. The number of pyridine rings is 1. The van der Waals surface area contributed by atoms with Gasteiger partial charge in [-0.3, -0.25) is 5.32 Å². The van der Waals surface area contributed by atoms with E-state index in [4.69, 9.17) is 0 Å². The monoisotopic (exact) mass is 238 g/mol. The van der Waals surface area contributed by atoms with E-state index in [1.807, 2.05) is 5.32 Å². The molecule has 0 bridgehead atoms. The minimum absolute atomic E-state index is 0.0357. The van der Waals surface area contributed by atoms with E-state index < -0.39 is 24.8 Å². The molecule has 0 atom stereocenters. The summed E-state index contributed by atoms with van der Waals surface area (Å²) in [5.41, 5.74) is 0.0357. The van der Waals surface area contributed by atoms with Crippen molar-refractivity contribution in [2.75, 3.05) is 11.9 Å². The van der Waals surface area contributed by atoms with Crippen LogP contribution in [0.15, 0.2) is 18.3 Å². The number of carbonyl (C=O) groups excluding carboxylic acids is 1. The topological polar surface area (TPSA) is 51.2 Å². The molecule has 1 aromatic heterocycles. The average molecular weight is 238 g/mol. The molecule has 16 heavy (non-hydrogen) atoms. The van der Waals surface area contributed by atoms with E-state index in [0.717, 1.165) is 18.3 Å². The molecule has 0 saturated carbocycles. The Hall–Kier alpha value is -1.86. The number of carbonyl (C=O) groups is 1. The Bertz CT molecular complexity index is 363. The molecule has 1 heterocycles. The van der Waals surface area contributed by atoms with Gasteiger partial charge in [0, 0.05) is 0 Å². The SMILES string of the molecule is O=C(Nc1ccc(F)nc1)OCC(F)(F)F. The predicted octanol–water partition coefficient (Wildman–Crippen LogP) is 2.33. The summed E-state index contributed by atoms with van der Waals surface area (Å²) in [5, 5.41) is 1.95. The average Bonchev–Trinajstić information content (AvgIpc) is 2.18. The van der Waals surface area contributed by atoms with E-state index in [0.29, 0.717) is 0 Å². The van der Waals surface area contributed by atoms with Gasteiger partial charge in [0.15, 0.2) is 6.61 Å². The van der Waals surface area contributed by atoms with Crippen LogP contribution in [0.25, 0.3) is 0 Å². The van der Waals surface area contributed by atoms with Crippen LogP contribution < -0.4 is 5.32 Å². The molecule has 0 aromatic carbocycles. The summed E-state index contributed by atoms with van der Waals surface area (Å²) in [4.78, 5) is 14.0. The van der Waals surface area contributed by atoms with Gasteiger partial charge in [-0.2, -0.15) is 17.6 Å². The first kappa shape index (κ1) is 12.2. The molecule has 1 N–H and O–H groups in total. The summed E-state index contributed by atoms with van der Waals surface area (Å²) in [7, 11) is 0. The molecule has 0 radical (unpaired) electrons. The molecule has 1 rings (SSSR count). The first-order chi connectivity index (χ1) is 7.37. The highest BCUT2D eigenvalue weighted by atomic mass is 19.4. The second kappa shape index (κ2) is 4.77. The van der Waals surface area contributed by atoms with E-state index in [1.54, 1.807) is 0 Å². The van der Waals surface area contributed by atoms with Gasteiger partial charge in [0.2, 0.25) is 5.95 Å². The minimum atomic E-state index is -4.58. The summed E-state index contributed by atoms with van der Waals surface area (Å²) in [6, 6.07) is 2.08. The van der Waals surface area contributed by atoms with Crippen molar-refractivity contribution in [2.45, 2.75) is 6.18 Å². The first-order valence-corrected chi connectivity index (χ1v) is 3.99. The largest absolute Gasteiger partial charge is 0.440 e. The van der Waals surface area contributed by atoms with Crippen molar-refractivity contribution in [2.24, 2.45) is 0 Å². The third-order valence-electron chi connectivity index (χ3n) is 1.34. The number of nitrogens with zero attached hydrogens (tertiary/aromatic N) is 1. The Morgan fingerprint density at radius 3 is 2.62 bits per heavy atom. The number of rotatable bonds is 2. The van der Waals surface area contributed by atoms with Crippen LogP contribution in [0.2, 0.25) is 0 Å². The molecule has 0 spiro atoms. The van der Waals surface area contributed by atoms with Crippen LogP contribution >= 0.6 is 0 Å². The molecule has 4 nitrogen and oxygen atoms in total. The van der Waals surface area contributed by atoms with Crippen molar-refractivity contribution in [3.63, 3.8) is 0 Å². The Morgan fingerprint density at radius 2 is 2.12 bits per heavy atom. The van der Waals surface area contributed by atoms with Crippen LogP contribution in [0.5, 0.6) is 0 Å². The normalized spacial score (nSPS) is 11.0. The van der Waals surface area contributed by atoms with Gasteiger partial charge in [-0.25, -0.2) is 9.78 Å². The number of anilines is 1. The molecular formula is C8H6F4N2O2. The third kappa shape index (κ3) is 4.58. The number of halogens is 4. The lowest BCUT2D eigenvalue weighted by atomic mass is 10.4. The lowest BCUT2D eigenvalue weighted by molar-refractivity contribution is -0.159. The van der Waals surface area contributed by atoms with E-state index in [9.17, 15) is 22.4 Å². The highest BCUT2D eigenvalue weighted by Gasteiger charge is 2.29. The summed E-state index contributed by atoms with van der Waals surface area (Å²) < 4.78 is 51.1. The van der Waals surface area contributed by atoms with Crippen LogP contribution in [-0.2, 0) is 4.74 Å². The van der Waals surface area contributed by atoms with Crippen molar-refractivity contribution in [3.05, 3.63) is 24.3 Å². The molecule has 0 aliphatic rings. The van der Waals surface area contributed by atoms with Crippen LogP contribution in [-0.4, -0.2) is 23.9 Å². The third-order valence-corrected chi connectivity index (χ3v) is 1.34. The maximum atomic E-state index is 12.3. The minimum Gasteiger partial charge on any atom is -0.440 e. The van der Waals surface area contributed by atoms with Crippen molar-refractivity contribution < 1.29 is 27.1 Å². The molecule has 8 heteroatoms. The van der Waals surface area contributed by atoms with Gasteiger partial charge in [0.25, 0.3) is 0 Å². The summed E-state index contributed by atoms with van der Waals surface area (Å²) in [6.07, 6.45) is -4.92. The molecular weight excluding hydrogens is 232 g/mol. The predicted molar refractivity (Wildman–Crippen MR) is 45.2 cm³/mol. The van der Waals surface area contributed by atoms with Crippen molar-refractivity contribution in [1.82, 2.24) is 4.98 Å². The van der Waals surface area contributed by atoms with E-state index in [2.05, 4.69) is 9.72 Å². The Balaban J connectivity index is 2.43. The van der Waals surface area contributed by atoms with Crippen LogP contribution in [0.1, 0.15) is 0 Å². The number of hydrogen-bond donors (Lipinski definition) is 1. The Kier molecular flexibility index (Phi) is 3.64. The van der Waals surface area contributed by atoms with E-state index in [-0.39, 0.29) is 5.69 Å². The summed E-state index contributed by atoms with van der Waals surface area (Å²) in [5.74, 6) is -0.769. The second-order valence-electron chi connectivity index (χ2n) is 2.69. The molecule has 0 fully saturated rings. The maximum absolute atomic E-state index is 12.3. The zero-order chi connectivity index (χ0) is 12.2. The molecule has 1 amide bonds. The van der Waals surface area contributed by atoms with Gasteiger partial charge in [-0.15, -0.1) is 0 Å². The van der Waals surface area contributed by atoms with E-state index >= 15 is 0 Å². The van der Waals surface area contributed by atoms with Gasteiger partial charge in [0.05, 0.1) is 11.9 Å². The zero-order valence-corrected chi connectivity index (χ0v) is 7.71. The van der Waals surface area contributed by atoms with Gasteiger partial charge in [0.1, 0.15) is 0 Å². The standard InChI is InChI=1S/C8H6F4N2O2/c9-6-2-1-5(3-13-6)14-7(15)16-4-8(10,11)12/h1-3H,4H2,(H,14,15). The fraction of sp³-hybridized carbons (Fsp3) is 0.250. The van der Waals surface area contributed by atoms with Crippen molar-refractivity contribution >= 4 is 11.8 Å². The molecule has 0 saturated heterocycles. The van der Waals surface area contributed by atoms with Gasteiger partial charge < -0.3 is 4.74 Å². The fourth-order valence-electron chi connectivity index (χ4n) is 0.751. The number of hydrogen-bond acceptors (Lipinski definition) is 3. The number of nitrogens with one attached hydrogen (secondary N) is 1. The molecule has 1 aromatic rings. The summed E-state index contributed by atoms with van der Waals surface area (Å²) >= 11 is 0. The lowest BCUT2D eigenvalue weighted by Crippen LogP contribution is -2.23. The molecule has 0 aliphatic heterocycles. The van der Waals surface area contributed by atoms with Crippen molar-refractivity contribution in [1.29, 1.82) is 0 Å². The van der Waals surface area contributed by atoms with E-state index in [1.165, 1.54) is 0 Å². The van der Waals surface area contributed by atoms with Crippen LogP contribution in [0, 0.1) is 5.95 Å². The quantitative estimate of drug-likeness (QED) is 0.635. The van der Waals surface area contributed by atoms with Gasteiger partial charge >= 0.3 is 12.3 Å². The molecule has 0 aliphatic carbocycles. The van der Waals surface area contributed by atoms with Crippen LogP contribution in [0.3, 0.4) is 0 Å². The fourth-order valence-corrected chi connectivity index (χ4v) is 0.751. The van der Waals surface area contributed by atoms with Crippen molar-refractivity contribution in [3.8, 4) is 0 Å². The Morgan fingerprint density at radius 1 is 1.44 bits per heavy atom. The van der Waals surface area contributed by atoms with Crippen LogP contribution in [0.4, 0.5) is 28.0 Å². The highest BCUT2D eigenvalue weighted by Crippen LogP contribution is 2.15. The van der Waals surface area contributed by atoms with Gasteiger partial charge in [-0.1, -0.05) is 0 Å². The number of ether oxygens (including phenoxy) is 1. The zero-order valence-electron chi connectivity index (χ0n) is 7.71. The summed E-state index contributed by atoms with van der Waals surface area (Å²) in [6.45, 7) is -1.69. The molecule has 0 unspecified atom stereocenters. The highest BCUT2D eigenvalue weighted by molar-refractivity contribution is 5.84. The smallest absolute Gasteiger partial charge is 0.422 e. The maximum Gasteiger partial charge on any atom is 0.422 e. The first-order valence-electron chi connectivity index (χ1n) is 3.99. The van der Waals surface area contributed by atoms with Gasteiger partial charge in [-0.05, 0) is 12.1 Å². The number of alkyl halides is 3. The second-order valence-corrected chi connectivity index (χ2v) is 2.69. The molecule has 88 valence electrons. The Labute approximate surface area is 87.2 Å².